The van der Waals surface area contributed by atoms with Crippen LogP contribution in [0, 0.1) is 0 Å². The summed E-state index contributed by atoms with van der Waals surface area (Å²) in [6.45, 7) is 6.50. The van der Waals surface area contributed by atoms with E-state index in [1.807, 2.05) is 32.9 Å². The summed E-state index contributed by atoms with van der Waals surface area (Å²) in [5.41, 5.74) is -0.417. The van der Waals surface area contributed by atoms with Crippen molar-refractivity contribution in [3.63, 3.8) is 0 Å². The van der Waals surface area contributed by atoms with E-state index < -0.39 is 5.60 Å². The second-order valence-electron chi connectivity index (χ2n) is 4.59. The van der Waals surface area contributed by atoms with Gasteiger partial charge in [0.05, 0.1) is 12.8 Å². The number of esters is 1. The van der Waals surface area contributed by atoms with Crippen molar-refractivity contribution in [2.45, 2.75) is 32.8 Å². The van der Waals surface area contributed by atoms with Gasteiger partial charge in [0.25, 0.3) is 0 Å². The second kappa shape index (κ2) is 5.70. The maximum atomic E-state index is 11.3. The number of hydrogen-bond donors (Lipinski definition) is 1. The zero-order valence-corrected chi connectivity index (χ0v) is 10.1. The van der Waals surface area contributed by atoms with Crippen molar-refractivity contribution in [3.8, 4) is 0 Å². The smallest absolute Gasteiger partial charge is 0.320 e. The van der Waals surface area contributed by atoms with Gasteiger partial charge >= 0.3 is 5.97 Å². The Hall–Kier alpha value is -1.29. The van der Waals surface area contributed by atoms with Crippen LogP contribution in [-0.2, 0) is 16.0 Å². The van der Waals surface area contributed by atoms with Gasteiger partial charge in [0, 0.05) is 13.0 Å². The Morgan fingerprint density at radius 3 is 2.81 bits per heavy atom. The minimum atomic E-state index is -0.417. The molecule has 1 aromatic heterocycles. The molecule has 4 heteroatoms. The lowest BCUT2D eigenvalue weighted by Crippen LogP contribution is -2.32. The van der Waals surface area contributed by atoms with Crippen molar-refractivity contribution in [2.75, 3.05) is 13.1 Å². The molecule has 0 aliphatic rings. The van der Waals surface area contributed by atoms with Crippen LogP contribution in [0.5, 0.6) is 0 Å². The molecule has 0 saturated carbocycles. The highest BCUT2D eigenvalue weighted by molar-refractivity contribution is 5.72. The largest absolute Gasteiger partial charge is 0.469 e. The molecule has 0 aliphatic carbocycles. The van der Waals surface area contributed by atoms with Crippen molar-refractivity contribution >= 4 is 5.97 Å². The molecule has 1 heterocycles. The normalized spacial score (nSPS) is 11.4. The van der Waals surface area contributed by atoms with Gasteiger partial charge in [0.2, 0.25) is 0 Å². The second-order valence-corrected chi connectivity index (χ2v) is 4.59. The average molecular weight is 225 g/mol. The molecule has 0 bridgehead atoms. The minimum absolute atomic E-state index is 0.230. The summed E-state index contributed by atoms with van der Waals surface area (Å²) < 4.78 is 10.3. The highest BCUT2D eigenvalue weighted by Gasteiger charge is 2.15. The Kier molecular flexibility index (Phi) is 4.55. The van der Waals surface area contributed by atoms with E-state index in [9.17, 15) is 4.79 Å². The first-order valence-corrected chi connectivity index (χ1v) is 5.42. The molecular formula is C12H19NO3. The van der Waals surface area contributed by atoms with E-state index in [2.05, 4.69) is 5.32 Å². The SMILES string of the molecule is CC(C)(C)OC(=O)CNCCc1ccco1. The third-order valence-corrected chi connectivity index (χ3v) is 1.82. The molecule has 0 atom stereocenters. The van der Waals surface area contributed by atoms with Gasteiger partial charge in [-0.05, 0) is 32.9 Å². The maximum absolute atomic E-state index is 11.3. The van der Waals surface area contributed by atoms with Crippen LogP contribution in [0.1, 0.15) is 26.5 Å². The van der Waals surface area contributed by atoms with Gasteiger partial charge in [-0.3, -0.25) is 4.79 Å². The van der Waals surface area contributed by atoms with E-state index in [-0.39, 0.29) is 12.5 Å². The lowest BCUT2D eigenvalue weighted by molar-refractivity contribution is -0.153. The number of carbonyl (C=O) groups excluding carboxylic acids is 1. The molecule has 0 aliphatic heterocycles. The zero-order valence-electron chi connectivity index (χ0n) is 10.1. The molecule has 1 rings (SSSR count). The predicted octanol–water partition coefficient (Wildman–Crippen LogP) is 1.75. The van der Waals surface area contributed by atoms with Crippen molar-refractivity contribution < 1.29 is 13.9 Å². The molecule has 0 aromatic carbocycles. The van der Waals surface area contributed by atoms with Crippen LogP contribution in [-0.4, -0.2) is 24.7 Å². The maximum Gasteiger partial charge on any atom is 0.320 e. The van der Waals surface area contributed by atoms with Gasteiger partial charge in [-0.25, -0.2) is 0 Å². The average Bonchev–Trinajstić information content (AvgIpc) is 2.62. The van der Waals surface area contributed by atoms with Crippen LogP contribution in [0.15, 0.2) is 22.8 Å². The fourth-order valence-electron chi connectivity index (χ4n) is 1.23. The molecule has 0 amide bonds. The van der Waals surface area contributed by atoms with E-state index in [1.54, 1.807) is 6.26 Å². The lowest BCUT2D eigenvalue weighted by atomic mass is 10.2. The quantitative estimate of drug-likeness (QED) is 0.612. The Morgan fingerprint density at radius 2 is 2.25 bits per heavy atom. The van der Waals surface area contributed by atoms with Crippen LogP contribution < -0.4 is 5.32 Å². The summed E-state index contributed by atoms with van der Waals surface area (Å²) in [4.78, 5) is 11.3. The zero-order chi connectivity index (χ0) is 12.0. The molecule has 0 fully saturated rings. The first-order chi connectivity index (χ1) is 7.47. The number of hydrogen-bond acceptors (Lipinski definition) is 4. The number of ether oxygens (including phenoxy) is 1. The Morgan fingerprint density at radius 1 is 1.50 bits per heavy atom. The van der Waals surface area contributed by atoms with E-state index in [1.165, 1.54) is 0 Å². The van der Waals surface area contributed by atoms with Crippen LogP contribution in [0.2, 0.25) is 0 Å². The van der Waals surface area contributed by atoms with Crippen molar-refractivity contribution in [2.24, 2.45) is 0 Å². The van der Waals surface area contributed by atoms with Gasteiger partial charge in [0.15, 0.2) is 0 Å². The van der Waals surface area contributed by atoms with E-state index in [0.717, 1.165) is 12.2 Å². The summed E-state index contributed by atoms with van der Waals surface area (Å²) in [7, 11) is 0. The van der Waals surface area contributed by atoms with Crippen molar-refractivity contribution in [1.82, 2.24) is 5.32 Å². The van der Waals surface area contributed by atoms with Crippen LogP contribution in [0.4, 0.5) is 0 Å². The Labute approximate surface area is 96.0 Å². The monoisotopic (exact) mass is 225 g/mol. The summed E-state index contributed by atoms with van der Waals surface area (Å²) in [6.07, 6.45) is 2.42. The first kappa shape index (κ1) is 12.8. The van der Waals surface area contributed by atoms with Crippen LogP contribution >= 0.6 is 0 Å². The highest BCUT2D eigenvalue weighted by atomic mass is 16.6. The summed E-state index contributed by atoms with van der Waals surface area (Å²) in [5, 5.41) is 3.01. The molecule has 0 unspecified atom stereocenters. The van der Waals surface area contributed by atoms with Gasteiger partial charge in [-0.15, -0.1) is 0 Å². The summed E-state index contributed by atoms with van der Waals surface area (Å²) in [5.74, 6) is 0.684. The molecule has 1 N–H and O–H groups in total. The fraction of sp³-hybridized carbons (Fsp3) is 0.583. The van der Waals surface area contributed by atoms with Crippen LogP contribution in [0.25, 0.3) is 0 Å². The summed E-state index contributed by atoms with van der Waals surface area (Å²) in [6, 6.07) is 3.76. The molecule has 16 heavy (non-hydrogen) atoms. The van der Waals surface area contributed by atoms with E-state index in [4.69, 9.17) is 9.15 Å². The highest BCUT2D eigenvalue weighted by Crippen LogP contribution is 2.06. The van der Waals surface area contributed by atoms with Gasteiger partial charge < -0.3 is 14.5 Å². The lowest BCUT2D eigenvalue weighted by Gasteiger charge is -2.19. The van der Waals surface area contributed by atoms with Crippen molar-refractivity contribution in [1.29, 1.82) is 0 Å². The number of furan rings is 1. The van der Waals surface area contributed by atoms with Gasteiger partial charge in [0.1, 0.15) is 11.4 Å². The van der Waals surface area contributed by atoms with Gasteiger partial charge in [-0.1, -0.05) is 0 Å². The standard InChI is InChI=1S/C12H19NO3/c1-12(2,3)16-11(14)9-13-7-6-10-5-4-8-15-10/h4-5,8,13H,6-7,9H2,1-3H3. The number of carbonyl (C=O) groups is 1. The third kappa shape index (κ3) is 5.56. The predicted molar refractivity (Wildman–Crippen MR) is 61.1 cm³/mol. The van der Waals surface area contributed by atoms with E-state index in [0.29, 0.717) is 6.54 Å². The molecule has 0 radical (unpaired) electrons. The van der Waals surface area contributed by atoms with Crippen LogP contribution in [0.3, 0.4) is 0 Å². The molecule has 0 saturated heterocycles. The number of rotatable bonds is 5. The number of nitrogens with one attached hydrogen (secondary N) is 1. The third-order valence-electron chi connectivity index (χ3n) is 1.82. The minimum Gasteiger partial charge on any atom is -0.469 e. The Balaban J connectivity index is 2.09. The molecule has 1 aromatic rings. The Bertz CT molecular complexity index is 312. The van der Waals surface area contributed by atoms with E-state index >= 15 is 0 Å². The van der Waals surface area contributed by atoms with Gasteiger partial charge in [-0.2, -0.15) is 0 Å². The van der Waals surface area contributed by atoms with Crippen molar-refractivity contribution in [3.05, 3.63) is 24.2 Å². The fourth-order valence-corrected chi connectivity index (χ4v) is 1.23. The molecule has 4 nitrogen and oxygen atoms in total. The topological polar surface area (TPSA) is 51.5 Å². The first-order valence-electron chi connectivity index (χ1n) is 5.42. The molecule has 0 spiro atoms. The molecule has 90 valence electrons. The molecular weight excluding hydrogens is 206 g/mol. The summed E-state index contributed by atoms with van der Waals surface area (Å²) >= 11 is 0.